The third kappa shape index (κ3) is 3.40. The van der Waals surface area contributed by atoms with Crippen LogP contribution in [0.25, 0.3) is 0 Å². The van der Waals surface area contributed by atoms with Crippen LogP contribution < -0.4 is 5.32 Å². The maximum Gasteiger partial charge on any atom is 0.336 e. The van der Waals surface area contributed by atoms with Crippen molar-refractivity contribution in [2.24, 2.45) is 11.8 Å². The molecule has 0 spiro atoms. The summed E-state index contributed by atoms with van der Waals surface area (Å²) in [6.45, 7) is 8.68. The number of hydrogen-bond donors (Lipinski definition) is 1. The summed E-state index contributed by atoms with van der Waals surface area (Å²) in [4.78, 5) is 11.9. The van der Waals surface area contributed by atoms with Crippen LogP contribution in [0.1, 0.15) is 34.1 Å². The summed E-state index contributed by atoms with van der Waals surface area (Å²) in [6, 6.07) is 0. The Morgan fingerprint density at radius 1 is 1.44 bits per heavy atom. The molecular formula is C13H21NO2. The number of carbonyl (C=O) groups excluding carboxylic acids is 1. The molecule has 1 N–H and O–H groups in total. The minimum Gasteiger partial charge on any atom is -0.462 e. The molecule has 0 aromatic rings. The van der Waals surface area contributed by atoms with E-state index in [4.69, 9.17) is 4.74 Å². The van der Waals surface area contributed by atoms with Gasteiger partial charge in [-0.25, -0.2) is 4.79 Å². The maximum absolute atomic E-state index is 11.9. The van der Waals surface area contributed by atoms with E-state index in [1.165, 1.54) is 0 Å². The van der Waals surface area contributed by atoms with Gasteiger partial charge in [0.15, 0.2) is 0 Å². The van der Waals surface area contributed by atoms with Crippen molar-refractivity contribution in [3.8, 4) is 0 Å². The van der Waals surface area contributed by atoms with Crippen molar-refractivity contribution < 1.29 is 9.53 Å². The van der Waals surface area contributed by atoms with Gasteiger partial charge >= 0.3 is 5.97 Å². The summed E-state index contributed by atoms with van der Waals surface area (Å²) in [7, 11) is 0. The average molecular weight is 223 g/mol. The molecule has 1 heterocycles. The summed E-state index contributed by atoms with van der Waals surface area (Å²) in [5.74, 6) is 0.500. The minimum atomic E-state index is -0.186. The summed E-state index contributed by atoms with van der Waals surface area (Å²) >= 11 is 0. The van der Waals surface area contributed by atoms with E-state index in [-0.39, 0.29) is 5.97 Å². The lowest BCUT2D eigenvalue weighted by Gasteiger charge is -2.20. The lowest BCUT2D eigenvalue weighted by molar-refractivity contribution is -0.140. The van der Waals surface area contributed by atoms with Crippen molar-refractivity contribution in [1.82, 2.24) is 5.32 Å². The Labute approximate surface area is 97.6 Å². The molecule has 90 valence electrons. The quantitative estimate of drug-likeness (QED) is 0.744. The van der Waals surface area contributed by atoms with Crippen LogP contribution in [0.5, 0.6) is 0 Å². The van der Waals surface area contributed by atoms with Crippen molar-refractivity contribution in [3.63, 3.8) is 0 Å². The Balaban J connectivity index is 2.71. The maximum atomic E-state index is 11.9. The number of hydrogen-bond acceptors (Lipinski definition) is 3. The van der Waals surface area contributed by atoms with Gasteiger partial charge in [0.1, 0.15) is 0 Å². The van der Waals surface area contributed by atoms with Crippen LogP contribution in [0, 0.1) is 11.8 Å². The van der Waals surface area contributed by atoms with Gasteiger partial charge < -0.3 is 10.1 Å². The number of esters is 1. The normalized spacial score (nSPS) is 15.6. The van der Waals surface area contributed by atoms with Crippen molar-refractivity contribution in [2.75, 3.05) is 6.61 Å². The largest absolute Gasteiger partial charge is 0.462 e. The van der Waals surface area contributed by atoms with Crippen LogP contribution >= 0.6 is 0 Å². The van der Waals surface area contributed by atoms with E-state index in [9.17, 15) is 4.79 Å². The van der Waals surface area contributed by atoms with Gasteiger partial charge in [0.05, 0.1) is 12.2 Å². The topological polar surface area (TPSA) is 38.3 Å². The zero-order chi connectivity index (χ0) is 12.1. The molecule has 0 aliphatic carbocycles. The van der Waals surface area contributed by atoms with Gasteiger partial charge in [0, 0.05) is 12.1 Å². The van der Waals surface area contributed by atoms with Crippen LogP contribution in [0.2, 0.25) is 0 Å². The summed E-state index contributed by atoms with van der Waals surface area (Å²) in [6.07, 6.45) is 4.49. The fourth-order valence-electron chi connectivity index (χ4n) is 1.56. The molecule has 0 atom stereocenters. The smallest absolute Gasteiger partial charge is 0.336 e. The second kappa shape index (κ2) is 5.73. The Morgan fingerprint density at radius 3 is 2.69 bits per heavy atom. The third-order valence-electron chi connectivity index (χ3n) is 2.38. The first kappa shape index (κ1) is 12.8. The molecule has 1 aliphatic heterocycles. The first-order valence-electron chi connectivity index (χ1n) is 5.84. The first-order chi connectivity index (χ1) is 7.52. The third-order valence-corrected chi connectivity index (χ3v) is 2.38. The van der Waals surface area contributed by atoms with Gasteiger partial charge in [0.2, 0.25) is 0 Å². The predicted octanol–water partition coefficient (Wildman–Crippen LogP) is 2.60. The van der Waals surface area contributed by atoms with Crippen molar-refractivity contribution in [2.45, 2.75) is 34.1 Å². The fraction of sp³-hybridized carbons (Fsp3) is 0.615. The van der Waals surface area contributed by atoms with Gasteiger partial charge in [-0.1, -0.05) is 33.8 Å². The molecule has 1 aliphatic rings. The SMILES string of the molecule is CC(C)COC(=O)C1=C(C(C)C)NC=CC1. The molecule has 0 saturated carbocycles. The second-order valence-electron chi connectivity index (χ2n) is 4.79. The second-order valence-corrected chi connectivity index (χ2v) is 4.79. The average Bonchev–Trinajstić information content (AvgIpc) is 2.25. The molecule has 16 heavy (non-hydrogen) atoms. The van der Waals surface area contributed by atoms with E-state index in [1.54, 1.807) is 0 Å². The van der Waals surface area contributed by atoms with Crippen LogP contribution in [-0.2, 0) is 9.53 Å². The highest BCUT2D eigenvalue weighted by Crippen LogP contribution is 2.20. The molecule has 1 rings (SSSR count). The van der Waals surface area contributed by atoms with E-state index in [1.807, 2.05) is 26.1 Å². The molecule has 3 heteroatoms. The van der Waals surface area contributed by atoms with E-state index < -0.39 is 0 Å². The van der Waals surface area contributed by atoms with Crippen molar-refractivity contribution >= 4 is 5.97 Å². The van der Waals surface area contributed by atoms with Gasteiger partial charge in [-0.05, 0) is 18.0 Å². The molecule has 3 nitrogen and oxygen atoms in total. The van der Waals surface area contributed by atoms with Gasteiger partial charge in [-0.2, -0.15) is 0 Å². The number of allylic oxidation sites excluding steroid dienone is 2. The van der Waals surface area contributed by atoms with E-state index in [2.05, 4.69) is 19.2 Å². The van der Waals surface area contributed by atoms with Gasteiger partial charge in [-0.15, -0.1) is 0 Å². The highest BCUT2D eigenvalue weighted by Gasteiger charge is 2.19. The first-order valence-corrected chi connectivity index (χ1v) is 5.84. The Bertz CT molecular complexity index is 314. The molecule has 0 radical (unpaired) electrons. The molecule has 0 saturated heterocycles. The molecular weight excluding hydrogens is 202 g/mol. The summed E-state index contributed by atoms with van der Waals surface area (Å²) < 4.78 is 5.25. The molecule has 0 aromatic carbocycles. The zero-order valence-corrected chi connectivity index (χ0v) is 10.5. The molecule has 0 amide bonds. The molecule has 0 unspecified atom stereocenters. The van der Waals surface area contributed by atoms with E-state index >= 15 is 0 Å². The highest BCUT2D eigenvalue weighted by atomic mass is 16.5. The Morgan fingerprint density at radius 2 is 2.12 bits per heavy atom. The van der Waals surface area contributed by atoms with E-state index in [0.29, 0.717) is 24.9 Å². The number of dihydropyridines is 1. The molecule has 0 bridgehead atoms. The lowest BCUT2D eigenvalue weighted by atomic mass is 10.00. The monoisotopic (exact) mass is 223 g/mol. The van der Waals surface area contributed by atoms with Gasteiger partial charge in [-0.3, -0.25) is 0 Å². The lowest BCUT2D eigenvalue weighted by Crippen LogP contribution is -2.23. The highest BCUT2D eigenvalue weighted by molar-refractivity contribution is 5.90. The zero-order valence-electron chi connectivity index (χ0n) is 10.5. The van der Waals surface area contributed by atoms with Crippen LogP contribution in [0.4, 0.5) is 0 Å². The number of ether oxygens (including phenoxy) is 1. The van der Waals surface area contributed by atoms with Crippen molar-refractivity contribution in [3.05, 3.63) is 23.5 Å². The molecule has 0 aromatic heterocycles. The molecule has 0 fully saturated rings. The number of rotatable bonds is 4. The Hall–Kier alpha value is -1.25. The predicted molar refractivity (Wildman–Crippen MR) is 64.6 cm³/mol. The van der Waals surface area contributed by atoms with Crippen LogP contribution in [0.15, 0.2) is 23.5 Å². The van der Waals surface area contributed by atoms with Gasteiger partial charge in [0.25, 0.3) is 0 Å². The number of nitrogens with one attached hydrogen (secondary N) is 1. The standard InChI is InChI=1S/C13H21NO2/c1-9(2)8-16-13(15)11-6-5-7-14-12(11)10(3)4/h5,7,9-10,14H,6,8H2,1-4H3. The van der Waals surface area contributed by atoms with Crippen LogP contribution in [-0.4, -0.2) is 12.6 Å². The number of carbonyl (C=O) groups is 1. The van der Waals surface area contributed by atoms with Crippen LogP contribution in [0.3, 0.4) is 0 Å². The van der Waals surface area contributed by atoms with E-state index in [0.717, 1.165) is 11.3 Å². The summed E-state index contributed by atoms with van der Waals surface area (Å²) in [5, 5.41) is 3.14. The van der Waals surface area contributed by atoms with Crippen molar-refractivity contribution in [1.29, 1.82) is 0 Å². The minimum absolute atomic E-state index is 0.186. The fourth-order valence-corrected chi connectivity index (χ4v) is 1.56. The summed E-state index contributed by atoms with van der Waals surface area (Å²) in [5.41, 5.74) is 1.74. The Kier molecular flexibility index (Phi) is 4.59.